The number of aromatic amines is 1. The lowest BCUT2D eigenvalue weighted by Gasteiger charge is -2.26. The predicted molar refractivity (Wildman–Crippen MR) is 117 cm³/mol. The van der Waals surface area contributed by atoms with Gasteiger partial charge in [0.2, 0.25) is 5.89 Å². The molecular formula is C23H29N5O4. The van der Waals surface area contributed by atoms with Crippen LogP contribution >= 0.6 is 0 Å². The van der Waals surface area contributed by atoms with Crippen molar-refractivity contribution in [2.75, 3.05) is 6.54 Å². The van der Waals surface area contributed by atoms with E-state index in [1.807, 2.05) is 19.9 Å². The van der Waals surface area contributed by atoms with Crippen molar-refractivity contribution in [1.82, 2.24) is 24.6 Å². The van der Waals surface area contributed by atoms with Gasteiger partial charge in [0, 0.05) is 24.1 Å². The van der Waals surface area contributed by atoms with E-state index in [4.69, 9.17) is 4.52 Å². The third kappa shape index (κ3) is 3.64. The van der Waals surface area contributed by atoms with Crippen LogP contribution in [0.5, 0.6) is 0 Å². The Labute approximate surface area is 185 Å². The highest BCUT2D eigenvalue weighted by Crippen LogP contribution is 2.34. The smallest absolute Gasteiger partial charge is 0.326 e. The first kappa shape index (κ1) is 20.9. The fourth-order valence-corrected chi connectivity index (χ4v) is 4.99. The summed E-state index contributed by atoms with van der Waals surface area (Å²) in [5.41, 5.74) is 1.81. The lowest BCUT2D eigenvalue weighted by atomic mass is 9.93. The van der Waals surface area contributed by atoms with Crippen molar-refractivity contribution in [1.29, 1.82) is 0 Å². The molecule has 1 aliphatic heterocycles. The van der Waals surface area contributed by atoms with Crippen molar-refractivity contribution < 1.29 is 14.4 Å². The second kappa shape index (κ2) is 8.20. The van der Waals surface area contributed by atoms with E-state index in [9.17, 15) is 14.7 Å². The van der Waals surface area contributed by atoms with Gasteiger partial charge >= 0.3 is 5.69 Å². The Morgan fingerprint density at radius 2 is 2.00 bits per heavy atom. The predicted octanol–water partition coefficient (Wildman–Crippen LogP) is 3.29. The summed E-state index contributed by atoms with van der Waals surface area (Å²) in [5, 5.41) is 13.8. The van der Waals surface area contributed by atoms with Crippen LogP contribution in [-0.2, 0) is 0 Å². The lowest BCUT2D eigenvalue weighted by molar-refractivity contribution is 0.0710. The SMILES string of the molecule is CC(C)c1noc([C@@H]2CCCN2C(=O)c2ccc3c(c2)[nH]c(=O)n3C2CCC(O)CC2)n1. The summed E-state index contributed by atoms with van der Waals surface area (Å²) >= 11 is 0. The summed E-state index contributed by atoms with van der Waals surface area (Å²) < 4.78 is 7.24. The fourth-order valence-electron chi connectivity index (χ4n) is 4.99. The number of aromatic nitrogens is 4. The van der Waals surface area contributed by atoms with Crippen LogP contribution in [0.1, 0.15) is 92.4 Å². The molecule has 1 aliphatic carbocycles. The number of aliphatic hydroxyl groups excluding tert-OH is 1. The van der Waals surface area contributed by atoms with Crippen molar-refractivity contribution in [2.24, 2.45) is 0 Å². The van der Waals surface area contributed by atoms with Crippen LogP contribution in [0, 0.1) is 0 Å². The molecule has 9 heteroatoms. The number of nitrogens with one attached hydrogen (secondary N) is 1. The third-order valence-corrected chi connectivity index (χ3v) is 6.77. The molecule has 3 heterocycles. The summed E-state index contributed by atoms with van der Waals surface area (Å²) in [7, 11) is 0. The molecule has 1 saturated heterocycles. The van der Waals surface area contributed by atoms with Gasteiger partial charge in [0.1, 0.15) is 6.04 Å². The molecule has 1 aromatic carbocycles. The Morgan fingerprint density at radius 3 is 2.72 bits per heavy atom. The molecule has 5 rings (SSSR count). The molecule has 2 aliphatic rings. The van der Waals surface area contributed by atoms with E-state index in [-0.39, 0.29) is 35.7 Å². The van der Waals surface area contributed by atoms with E-state index in [2.05, 4.69) is 15.1 Å². The zero-order valence-electron chi connectivity index (χ0n) is 18.5. The van der Waals surface area contributed by atoms with E-state index in [0.717, 1.165) is 31.2 Å². The number of imidazole rings is 1. The first-order chi connectivity index (χ1) is 15.4. The number of benzene rings is 1. The number of likely N-dealkylation sites (tertiary alicyclic amines) is 1. The lowest BCUT2D eigenvalue weighted by Crippen LogP contribution is -2.30. The molecular weight excluding hydrogens is 410 g/mol. The standard InChI is InChI=1S/C23H29N5O4/c1-13(2)20-25-21(32-26-20)19-4-3-11-27(19)22(30)14-5-10-18-17(12-14)24-23(31)28(18)15-6-8-16(29)9-7-15/h5,10,12-13,15-16,19,29H,3-4,6-9,11H2,1-2H3,(H,24,31)/t15?,16?,19-/m0/s1. The number of H-pyrrole nitrogens is 1. The molecule has 0 unspecified atom stereocenters. The molecule has 2 N–H and O–H groups in total. The van der Waals surface area contributed by atoms with Crippen LogP contribution in [0.4, 0.5) is 0 Å². The topological polar surface area (TPSA) is 117 Å². The maximum atomic E-state index is 13.4. The molecule has 1 saturated carbocycles. The number of aliphatic hydroxyl groups is 1. The third-order valence-electron chi connectivity index (χ3n) is 6.77. The second-order valence-corrected chi connectivity index (χ2v) is 9.30. The van der Waals surface area contributed by atoms with Crippen molar-refractivity contribution >= 4 is 16.9 Å². The van der Waals surface area contributed by atoms with E-state index in [1.54, 1.807) is 21.6 Å². The molecule has 2 aromatic heterocycles. The van der Waals surface area contributed by atoms with Gasteiger partial charge in [0.05, 0.1) is 17.1 Å². The van der Waals surface area contributed by atoms with E-state index >= 15 is 0 Å². The van der Waals surface area contributed by atoms with E-state index < -0.39 is 0 Å². The van der Waals surface area contributed by atoms with Crippen molar-refractivity contribution in [3.8, 4) is 0 Å². The first-order valence-corrected chi connectivity index (χ1v) is 11.5. The maximum Gasteiger partial charge on any atom is 0.326 e. The first-order valence-electron chi connectivity index (χ1n) is 11.5. The number of rotatable bonds is 4. The molecule has 9 nitrogen and oxygen atoms in total. The Balaban J connectivity index is 1.41. The largest absolute Gasteiger partial charge is 0.393 e. The Kier molecular flexibility index (Phi) is 5.36. The monoisotopic (exact) mass is 439 g/mol. The molecule has 1 amide bonds. The van der Waals surface area contributed by atoms with Crippen LogP contribution in [0.25, 0.3) is 11.0 Å². The number of carbonyl (C=O) groups excluding carboxylic acids is 1. The van der Waals surface area contributed by atoms with Gasteiger partial charge in [-0.05, 0) is 56.7 Å². The summed E-state index contributed by atoms with van der Waals surface area (Å²) in [4.78, 5) is 35.2. The van der Waals surface area contributed by atoms with Gasteiger partial charge in [-0.1, -0.05) is 19.0 Å². The number of fused-ring (bicyclic) bond motifs is 1. The maximum absolute atomic E-state index is 13.4. The van der Waals surface area contributed by atoms with Gasteiger partial charge in [-0.15, -0.1) is 0 Å². The van der Waals surface area contributed by atoms with Gasteiger partial charge in [-0.2, -0.15) is 4.98 Å². The zero-order chi connectivity index (χ0) is 22.4. The van der Waals surface area contributed by atoms with Gasteiger partial charge in [-0.3, -0.25) is 9.36 Å². The number of carbonyl (C=O) groups is 1. The average molecular weight is 440 g/mol. The van der Waals surface area contributed by atoms with Crippen LogP contribution in [0.2, 0.25) is 0 Å². The molecule has 0 spiro atoms. The quantitative estimate of drug-likeness (QED) is 0.644. The minimum atomic E-state index is -0.278. The minimum Gasteiger partial charge on any atom is -0.393 e. The summed E-state index contributed by atoms with van der Waals surface area (Å²) in [5.74, 6) is 1.19. The highest BCUT2D eigenvalue weighted by Gasteiger charge is 2.35. The van der Waals surface area contributed by atoms with Gasteiger partial charge in [-0.25, -0.2) is 4.79 Å². The molecule has 32 heavy (non-hydrogen) atoms. The fraction of sp³-hybridized carbons (Fsp3) is 0.565. The van der Waals surface area contributed by atoms with Crippen molar-refractivity contribution in [2.45, 2.75) is 76.5 Å². The molecule has 1 atom stereocenters. The summed E-state index contributed by atoms with van der Waals surface area (Å²) in [6.07, 6.45) is 4.32. The van der Waals surface area contributed by atoms with Crippen molar-refractivity contribution in [3.05, 3.63) is 46.0 Å². The molecule has 0 radical (unpaired) electrons. The number of hydrogen-bond acceptors (Lipinski definition) is 6. The number of amides is 1. The molecule has 0 bridgehead atoms. The van der Waals surface area contributed by atoms with Gasteiger partial charge in [0.15, 0.2) is 5.82 Å². The Morgan fingerprint density at radius 1 is 1.22 bits per heavy atom. The summed E-state index contributed by atoms with van der Waals surface area (Å²) in [6.45, 7) is 4.64. The molecule has 3 aromatic rings. The van der Waals surface area contributed by atoms with Crippen LogP contribution in [0.3, 0.4) is 0 Å². The molecule has 2 fully saturated rings. The highest BCUT2D eigenvalue weighted by molar-refractivity contribution is 5.97. The van der Waals surface area contributed by atoms with Crippen LogP contribution in [-0.4, -0.2) is 48.3 Å². The van der Waals surface area contributed by atoms with Gasteiger partial charge < -0.3 is 19.5 Å². The van der Waals surface area contributed by atoms with E-state index in [0.29, 0.717) is 42.2 Å². The zero-order valence-corrected chi connectivity index (χ0v) is 18.5. The molecule has 170 valence electrons. The summed E-state index contributed by atoms with van der Waals surface area (Å²) in [6, 6.07) is 5.23. The number of hydrogen-bond donors (Lipinski definition) is 2. The normalized spacial score (nSPS) is 24.0. The van der Waals surface area contributed by atoms with Crippen LogP contribution < -0.4 is 5.69 Å². The highest BCUT2D eigenvalue weighted by atomic mass is 16.5. The van der Waals surface area contributed by atoms with Gasteiger partial charge in [0.25, 0.3) is 5.91 Å². The van der Waals surface area contributed by atoms with Crippen LogP contribution in [0.15, 0.2) is 27.5 Å². The Hall–Kier alpha value is -2.94. The Bertz CT molecular complexity index is 1180. The average Bonchev–Trinajstić information content (AvgIpc) is 3.51. The second-order valence-electron chi connectivity index (χ2n) is 9.30. The van der Waals surface area contributed by atoms with E-state index in [1.165, 1.54) is 0 Å². The number of nitrogens with zero attached hydrogens (tertiary/aromatic N) is 4. The van der Waals surface area contributed by atoms with Crippen molar-refractivity contribution in [3.63, 3.8) is 0 Å². The minimum absolute atomic E-state index is 0.0665.